The molecule has 0 atom stereocenters. The standard InChI is InChI=1S/C14H16FNO4/c1-14(2,3)20-13(19)16-7-6-8-10(16)5-4-9(15)11(8)12(17)18/h4-5H,6-7H2,1-3H3,(H,17,18). The zero-order chi connectivity index (χ0) is 15.1. The van der Waals surface area contributed by atoms with Gasteiger partial charge in [-0.15, -0.1) is 0 Å². The van der Waals surface area contributed by atoms with Gasteiger partial charge in [0.15, 0.2) is 0 Å². The van der Waals surface area contributed by atoms with Gasteiger partial charge in [-0.25, -0.2) is 14.0 Å². The Balaban J connectivity index is 2.37. The zero-order valence-electron chi connectivity index (χ0n) is 11.6. The van der Waals surface area contributed by atoms with Crippen LogP contribution >= 0.6 is 0 Å². The van der Waals surface area contributed by atoms with E-state index in [1.165, 1.54) is 11.0 Å². The van der Waals surface area contributed by atoms with Crippen molar-refractivity contribution in [2.45, 2.75) is 32.8 Å². The Kier molecular flexibility index (Phi) is 3.41. The molecule has 0 saturated heterocycles. The number of halogens is 1. The van der Waals surface area contributed by atoms with Crippen molar-refractivity contribution >= 4 is 17.7 Å². The van der Waals surface area contributed by atoms with Crippen LogP contribution in [0, 0.1) is 5.82 Å². The molecule has 0 fully saturated rings. The van der Waals surface area contributed by atoms with Gasteiger partial charge in [-0.2, -0.15) is 0 Å². The van der Waals surface area contributed by atoms with Gasteiger partial charge in [-0.1, -0.05) is 0 Å². The monoisotopic (exact) mass is 281 g/mol. The molecule has 20 heavy (non-hydrogen) atoms. The molecule has 5 nitrogen and oxygen atoms in total. The van der Waals surface area contributed by atoms with Crippen molar-refractivity contribution in [3.63, 3.8) is 0 Å². The van der Waals surface area contributed by atoms with Crippen molar-refractivity contribution in [2.75, 3.05) is 11.4 Å². The topological polar surface area (TPSA) is 66.8 Å². The Hall–Kier alpha value is -2.11. The van der Waals surface area contributed by atoms with Crippen LogP contribution in [-0.2, 0) is 11.2 Å². The molecule has 0 saturated carbocycles. The molecule has 1 aromatic carbocycles. The van der Waals surface area contributed by atoms with Gasteiger partial charge < -0.3 is 9.84 Å². The third kappa shape index (κ3) is 2.59. The molecule has 2 rings (SSSR count). The first-order valence-electron chi connectivity index (χ1n) is 6.26. The van der Waals surface area contributed by atoms with Crippen molar-refractivity contribution < 1.29 is 23.8 Å². The number of nitrogens with zero attached hydrogens (tertiary/aromatic N) is 1. The maximum atomic E-state index is 13.6. The highest BCUT2D eigenvalue weighted by atomic mass is 19.1. The number of carbonyl (C=O) groups excluding carboxylic acids is 1. The molecule has 108 valence electrons. The minimum absolute atomic E-state index is 0.286. The van der Waals surface area contributed by atoms with Gasteiger partial charge >= 0.3 is 12.1 Å². The fourth-order valence-corrected chi connectivity index (χ4v) is 2.20. The van der Waals surface area contributed by atoms with Gasteiger partial charge in [0.25, 0.3) is 0 Å². The van der Waals surface area contributed by atoms with Crippen molar-refractivity contribution in [2.24, 2.45) is 0 Å². The zero-order valence-corrected chi connectivity index (χ0v) is 11.6. The van der Waals surface area contributed by atoms with E-state index in [0.717, 1.165) is 6.07 Å². The lowest BCUT2D eigenvalue weighted by atomic mass is 10.0. The molecule has 1 amide bonds. The van der Waals surface area contributed by atoms with Crippen molar-refractivity contribution in [3.8, 4) is 0 Å². The number of fused-ring (bicyclic) bond motifs is 1. The average molecular weight is 281 g/mol. The molecule has 0 unspecified atom stereocenters. The molecule has 1 heterocycles. The van der Waals surface area contributed by atoms with E-state index >= 15 is 0 Å². The van der Waals surface area contributed by atoms with Crippen LogP contribution in [0.25, 0.3) is 0 Å². The third-order valence-electron chi connectivity index (χ3n) is 2.94. The van der Waals surface area contributed by atoms with Crippen LogP contribution in [-0.4, -0.2) is 29.3 Å². The Morgan fingerprint density at radius 1 is 1.35 bits per heavy atom. The lowest BCUT2D eigenvalue weighted by molar-refractivity contribution is 0.0582. The van der Waals surface area contributed by atoms with E-state index in [-0.39, 0.29) is 12.1 Å². The molecular weight excluding hydrogens is 265 g/mol. The molecule has 1 aliphatic heterocycles. The summed E-state index contributed by atoms with van der Waals surface area (Å²) in [6.07, 6.45) is -0.257. The van der Waals surface area contributed by atoms with E-state index in [1.807, 2.05) is 0 Å². The summed E-state index contributed by atoms with van der Waals surface area (Å²) in [5.41, 5.74) is -0.273. The number of carboxylic acids is 1. The fraction of sp³-hybridized carbons (Fsp3) is 0.429. The summed E-state index contributed by atoms with van der Waals surface area (Å²) in [5, 5.41) is 9.07. The molecule has 0 aromatic heterocycles. The predicted molar refractivity (Wildman–Crippen MR) is 70.6 cm³/mol. The minimum atomic E-state index is -1.33. The van der Waals surface area contributed by atoms with Crippen LogP contribution in [0.1, 0.15) is 36.7 Å². The summed E-state index contributed by atoms with van der Waals surface area (Å²) in [5.74, 6) is -2.12. The van der Waals surface area contributed by atoms with Crippen LogP contribution < -0.4 is 4.90 Å². The first-order valence-corrected chi connectivity index (χ1v) is 6.26. The maximum absolute atomic E-state index is 13.6. The number of carboxylic acid groups (broad SMARTS) is 1. The summed E-state index contributed by atoms with van der Waals surface area (Å²) >= 11 is 0. The molecule has 0 bridgehead atoms. The van der Waals surface area contributed by atoms with Gasteiger partial charge in [0, 0.05) is 6.54 Å². The maximum Gasteiger partial charge on any atom is 0.414 e. The number of carbonyl (C=O) groups is 2. The molecule has 0 radical (unpaired) electrons. The Morgan fingerprint density at radius 2 is 2.00 bits per heavy atom. The Morgan fingerprint density at radius 3 is 2.55 bits per heavy atom. The second kappa shape index (κ2) is 4.77. The second-order valence-electron chi connectivity index (χ2n) is 5.61. The highest BCUT2D eigenvalue weighted by molar-refractivity contribution is 5.97. The average Bonchev–Trinajstić information content (AvgIpc) is 2.69. The molecule has 0 aliphatic carbocycles. The number of rotatable bonds is 1. The van der Waals surface area contributed by atoms with E-state index < -0.39 is 23.5 Å². The quantitative estimate of drug-likeness (QED) is 0.859. The lowest BCUT2D eigenvalue weighted by Crippen LogP contribution is -2.35. The Bertz CT molecular complexity index is 577. The Labute approximate surface area is 116 Å². The summed E-state index contributed by atoms with van der Waals surface area (Å²) in [7, 11) is 0. The van der Waals surface area contributed by atoms with Gasteiger partial charge in [0.1, 0.15) is 17.0 Å². The number of ether oxygens (including phenoxy) is 1. The summed E-state index contributed by atoms with van der Waals surface area (Å²) < 4.78 is 18.8. The van der Waals surface area contributed by atoms with Crippen LogP contribution in [0.2, 0.25) is 0 Å². The normalized spacial score (nSPS) is 14.1. The summed E-state index contributed by atoms with van der Waals surface area (Å²) in [4.78, 5) is 24.5. The summed E-state index contributed by atoms with van der Waals surface area (Å²) in [6.45, 7) is 5.52. The van der Waals surface area contributed by atoms with Crippen LogP contribution in [0.5, 0.6) is 0 Å². The lowest BCUT2D eigenvalue weighted by Gasteiger charge is -2.24. The molecule has 1 aliphatic rings. The highest BCUT2D eigenvalue weighted by Gasteiger charge is 2.32. The van der Waals surface area contributed by atoms with Crippen molar-refractivity contribution in [1.82, 2.24) is 0 Å². The molecule has 0 spiro atoms. The summed E-state index contributed by atoms with van der Waals surface area (Å²) in [6, 6.07) is 2.47. The smallest absolute Gasteiger partial charge is 0.414 e. The minimum Gasteiger partial charge on any atom is -0.478 e. The predicted octanol–water partition coefficient (Wildman–Crippen LogP) is 2.82. The van der Waals surface area contributed by atoms with Gasteiger partial charge in [-0.05, 0) is 44.9 Å². The third-order valence-corrected chi connectivity index (χ3v) is 2.94. The number of hydrogen-bond donors (Lipinski definition) is 1. The molecule has 1 N–H and O–H groups in total. The van der Waals surface area contributed by atoms with E-state index in [4.69, 9.17) is 9.84 Å². The van der Waals surface area contributed by atoms with Gasteiger partial charge in [0.2, 0.25) is 0 Å². The number of aromatic carboxylic acids is 1. The van der Waals surface area contributed by atoms with Gasteiger partial charge in [-0.3, -0.25) is 4.90 Å². The van der Waals surface area contributed by atoms with Crippen LogP contribution in [0.15, 0.2) is 12.1 Å². The van der Waals surface area contributed by atoms with E-state index in [0.29, 0.717) is 17.7 Å². The number of benzene rings is 1. The molecular formula is C14H16FNO4. The van der Waals surface area contributed by atoms with Crippen molar-refractivity contribution in [3.05, 3.63) is 29.1 Å². The van der Waals surface area contributed by atoms with Crippen LogP contribution in [0.4, 0.5) is 14.9 Å². The number of hydrogen-bond acceptors (Lipinski definition) is 3. The molecule has 6 heteroatoms. The molecule has 1 aromatic rings. The van der Waals surface area contributed by atoms with Crippen LogP contribution in [0.3, 0.4) is 0 Å². The fourth-order valence-electron chi connectivity index (χ4n) is 2.20. The van der Waals surface area contributed by atoms with E-state index in [1.54, 1.807) is 20.8 Å². The highest BCUT2D eigenvalue weighted by Crippen LogP contribution is 2.33. The largest absolute Gasteiger partial charge is 0.478 e. The first-order chi connectivity index (χ1) is 9.20. The van der Waals surface area contributed by atoms with E-state index in [9.17, 15) is 14.0 Å². The van der Waals surface area contributed by atoms with Crippen molar-refractivity contribution in [1.29, 1.82) is 0 Å². The van der Waals surface area contributed by atoms with E-state index in [2.05, 4.69) is 0 Å². The first kappa shape index (κ1) is 14.3. The second-order valence-corrected chi connectivity index (χ2v) is 5.61. The number of amides is 1. The van der Waals surface area contributed by atoms with Gasteiger partial charge in [0.05, 0.1) is 5.69 Å². The number of anilines is 1. The SMILES string of the molecule is CC(C)(C)OC(=O)N1CCc2c1ccc(F)c2C(=O)O.